The number of para-hydroxylation sites is 1. The molecule has 2 aliphatic rings. The molecule has 26 heavy (non-hydrogen) atoms. The number of nitrogens with one attached hydrogen (secondary N) is 1. The number of carbonyl (C=O) groups excluding carboxylic acids is 1. The lowest BCUT2D eigenvalue weighted by Crippen LogP contribution is -2.52. The molecule has 7 heteroatoms. The number of aromatic nitrogens is 3. The Morgan fingerprint density at radius 2 is 2.00 bits per heavy atom. The van der Waals surface area contributed by atoms with Gasteiger partial charge >= 0.3 is 0 Å². The molecule has 3 aromatic rings. The van der Waals surface area contributed by atoms with E-state index in [-0.39, 0.29) is 5.91 Å². The maximum atomic E-state index is 13.5. The second-order valence-corrected chi connectivity index (χ2v) is 8.47. The fraction of sp³-hybridized carbons (Fsp3) is 0.368. The highest BCUT2D eigenvalue weighted by molar-refractivity contribution is 7.18. The molecule has 6 nitrogen and oxygen atoms in total. The first kappa shape index (κ1) is 15.8. The van der Waals surface area contributed by atoms with Gasteiger partial charge in [0.25, 0.3) is 0 Å². The molecule has 1 fully saturated rings. The van der Waals surface area contributed by atoms with Crippen molar-refractivity contribution in [1.29, 1.82) is 0 Å². The van der Waals surface area contributed by atoms with E-state index >= 15 is 0 Å². The zero-order chi connectivity index (χ0) is 17.9. The van der Waals surface area contributed by atoms with Crippen molar-refractivity contribution in [1.82, 2.24) is 20.3 Å². The van der Waals surface area contributed by atoms with Gasteiger partial charge in [-0.3, -0.25) is 14.7 Å². The first-order chi connectivity index (χ1) is 12.5. The number of hydrogen-bond donors (Lipinski definition) is 1. The first-order valence-corrected chi connectivity index (χ1v) is 9.59. The lowest BCUT2D eigenvalue weighted by Gasteiger charge is -2.36. The zero-order valence-electron chi connectivity index (χ0n) is 14.7. The third kappa shape index (κ3) is 1.95. The number of nitrogens with zero attached hydrogens (tertiary/aromatic N) is 4. The van der Waals surface area contributed by atoms with Gasteiger partial charge in [-0.1, -0.05) is 12.1 Å². The second-order valence-electron chi connectivity index (χ2n) is 7.44. The number of anilines is 1. The number of carbonyl (C=O) groups is 1. The Bertz CT molecular complexity index is 988. The summed E-state index contributed by atoms with van der Waals surface area (Å²) in [4.78, 5) is 29.3. The first-order valence-electron chi connectivity index (χ1n) is 8.77. The van der Waals surface area contributed by atoms with Crippen molar-refractivity contribution in [2.24, 2.45) is 0 Å². The van der Waals surface area contributed by atoms with Gasteiger partial charge in [0.1, 0.15) is 10.5 Å². The molecule has 1 saturated heterocycles. The van der Waals surface area contributed by atoms with Crippen LogP contribution >= 0.6 is 11.3 Å². The molecule has 0 aliphatic carbocycles. The molecule has 1 N–H and O–H groups in total. The van der Waals surface area contributed by atoms with E-state index in [0.717, 1.165) is 33.9 Å². The Kier molecular flexibility index (Phi) is 3.24. The molecule has 2 aromatic heterocycles. The Hall–Kier alpha value is -2.38. The average Bonchev–Trinajstić information content (AvgIpc) is 3.33. The van der Waals surface area contributed by atoms with Gasteiger partial charge in [0.15, 0.2) is 5.82 Å². The highest BCUT2D eigenvalue weighted by Crippen LogP contribution is 2.48. The average molecular weight is 365 g/mol. The van der Waals surface area contributed by atoms with Crippen molar-refractivity contribution in [3.05, 3.63) is 47.4 Å². The molecule has 0 saturated carbocycles. The summed E-state index contributed by atoms with van der Waals surface area (Å²) in [6.45, 7) is 5.37. The summed E-state index contributed by atoms with van der Waals surface area (Å²) in [7, 11) is 0. The minimum Gasteiger partial charge on any atom is -0.314 e. The molecule has 5 rings (SSSR count). The molecule has 2 aliphatic heterocycles. The molecule has 4 heterocycles. The summed E-state index contributed by atoms with van der Waals surface area (Å²) in [6.07, 6.45) is 4.13. The number of amides is 1. The van der Waals surface area contributed by atoms with Crippen LogP contribution < -0.4 is 10.2 Å². The standard InChI is InChI=1S/C19H19N5OS/c1-18(2)14-15(22-10-9-21-14)24(17(18)25)19(7-8-20-11-19)16-23-12-5-3-4-6-13(12)26-16/h3-6,9-10,20H,7-8,11H2,1-2H3/t19-/m1/s1. The third-order valence-corrected chi connectivity index (χ3v) is 6.70. The second kappa shape index (κ2) is 5.31. The quantitative estimate of drug-likeness (QED) is 0.756. The Morgan fingerprint density at radius 3 is 2.77 bits per heavy atom. The van der Waals surface area contributed by atoms with Crippen LogP contribution in [0.25, 0.3) is 10.2 Å². The number of rotatable bonds is 2. The van der Waals surface area contributed by atoms with Crippen LogP contribution in [0.5, 0.6) is 0 Å². The summed E-state index contributed by atoms with van der Waals surface area (Å²) >= 11 is 1.66. The molecule has 0 radical (unpaired) electrons. The fourth-order valence-corrected chi connectivity index (χ4v) is 5.20. The molecule has 1 aromatic carbocycles. The van der Waals surface area contributed by atoms with Gasteiger partial charge in [-0.05, 0) is 38.9 Å². The predicted octanol–water partition coefficient (Wildman–Crippen LogP) is 2.60. The van der Waals surface area contributed by atoms with E-state index in [0.29, 0.717) is 12.4 Å². The topological polar surface area (TPSA) is 71.0 Å². The Labute approximate surface area is 155 Å². The maximum Gasteiger partial charge on any atom is 0.240 e. The van der Waals surface area contributed by atoms with E-state index in [9.17, 15) is 4.79 Å². The molecule has 0 unspecified atom stereocenters. The molecule has 1 amide bonds. The van der Waals surface area contributed by atoms with Gasteiger partial charge in [0, 0.05) is 18.9 Å². The third-order valence-electron chi connectivity index (χ3n) is 5.47. The minimum atomic E-state index is -0.685. The maximum absolute atomic E-state index is 13.5. The number of thiazole rings is 1. The van der Waals surface area contributed by atoms with Crippen molar-refractivity contribution >= 4 is 33.3 Å². The highest BCUT2D eigenvalue weighted by atomic mass is 32.1. The van der Waals surface area contributed by atoms with Gasteiger partial charge in [0.2, 0.25) is 5.91 Å². The fourth-order valence-electron chi connectivity index (χ4n) is 4.03. The van der Waals surface area contributed by atoms with Crippen LogP contribution in [0.1, 0.15) is 31.0 Å². The number of benzene rings is 1. The highest BCUT2D eigenvalue weighted by Gasteiger charge is 2.56. The van der Waals surface area contributed by atoms with E-state index in [1.165, 1.54) is 0 Å². The largest absolute Gasteiger partial charge is 0.314 e. The summed E-state index contributed by atoms with van der Waals surface area (Å²) in [5.74, 6) is 0.715. The molecular weight excluding hydrogens is 346 g/mol. The summed E-state index contributed by atoms with van der Waals surface area (Å²) in [6, 6.07) is 8.12. The number of fused-ring (bicyclic) bond motifs is 2. The zero-order valence-corrected chi connectivity index (χ0v) is 15.5. The molecular formula is C19H19N5OS. The van der Waals surface area contributed by atoms with Crippen LogP contribution in [0.4, 0.5) is 5.82 Å². The Balaban J connectivity index is 1.74. The summed E-state index contributed by atoms with van der Waals surface area (Å²) in [5.41, 5.74) is 0.524. The van der Waals surface area contributed by atoms with Gasteiger partial charge in [-0.2, -0.15) is 0 Å². The van der Waals surface area contributed by atoms with E-state index in [4.69, 9.17) is 4.98 Å². The van der Waals surface area contributed by atoms with E-state index in [1.807, 2.05) is 36.9 Å². The van der Waals surface area contributed by atoms with Crippen molar-refractivity contribution in [2.45, 2.75) is 31.2 Å². The lowest BCUT2D eigenvalue weighted by atomic mass is 9.90. The molecule has 132 valence electrons. The summed E-state index contributed by atoms with van der Waals surface area (Å²) in [5, 5.41) is 4.40. The van der Waals surface area contributed by atoms with Gasteiger partial charge in [-0.15, -0.1) is 11.3 Å². The molecule has 1 atom stereocenters. The lowest BCUT2D eigenvalue weighted by molar-refractivity contribution is -0.123. The monoisotopic (exact) mass is 365 g/mol. The smallest absolute Gasteiger partial charge is 0.240 e. The van der Waals surface area contributed by atoms with Crippen LogP contribution in [0, 0.1) is 0 Å². The van der Waals surface area contributed by atoms with E-state index in [1.54, 1.807) is 23.7 Å². The van der Waals surface area contributed by atoms with E-state index in [2.05, 4.69) is 21.4 Å². The van der Waals surface area contributed by atoms with Crippen LogP contribution in [-0.4, -0.2) is 33.9 Å². The SMILES string of the molecule is CC1(C)C(=O)N([C@]2(c3nc4ccccc4s3)CCNC2)c2nccnc21. The van der Waals surface area contributed by atoms with Gasteiger partial charge in [0.05, 0.1) is 21.3 Å². The van der Waals surface area contributed by atoms with Crippen LogP contribution in [-0.2, 0) is 15.7 Å². The van der Waals surface area contributed by atoms with Crippen molar-refractivity contribution in [2.75, 3.05) is 18.0 Å². The minimum absolute atomic E-state index is 0.0432. The normalized spacial score (nSPS) is 24.4. The van der Waals surface area contributed by atoms with Crippen LogP contribution in [0.3, 0.4) is 0 Å². The van der Waals surface area contributed by atoms with Gasteiger partial charge in [-0.25, -0.2) is 9.97 Å². The van der Waals surface area contributed by atoms with Crippen molar-refractivity contribution in [3.8, 4) is 0 Å². The van der Waals surface area contributed by atoms with Crippen molar-refractivity contribution in [3.63, 3.8) is 0 Å². The number of hydrogen-bond acceptors (Lipinski definition) is 6. The van der Waals surface area contributed by atoms with Crippen LogP contribution in [0.2, 0.25) is 0 Å². The molecule has 0 spiro atoms. The predicted molar refractivity (Wildman–Crippen MR) is 101 cm³/mol. The Morgan fingerprint density at radius 1 is 1.19 bits per heavy atom. The van der Waals surface area contributed by atoms with Gasteiger partial charge < -0.3 is 5.32 Å². The molecule has 0 bridgehead atoms. The summed E-state index contributed by atoms with van der Waals surface area (Å²) < 4.78 is 1.14. The van der Waals surface area contributed by atoms with Crippen molar-refractivity contribution < 1.29 is 4.79 Å². The van der Waals surface area contributed by atoms with E-state index < -0.39 is 11.0 Å². The van der Waals surface area contributed by atoms with Crippen LogP contribution in [0.15, 0.2) is 36.7 Å².